The highest BCUT2D eigenvalue weighted by Gasteiger charge is 2.45. The summed E-state index contributed by atoms with van der Waals surface area (Å²) < 4.78 is 28.2. The molecule has 0 spiro atoms. The zero-order valence-corrected chi connectivity index (χ0v) is 24.8. The monoisotopic (exact) mass is 595 g/mol. The Morgan fingerprint density at radius 2 is 1.73 bits per heavy atom. The van der Waals surface area contributed by atoms with Crippen molar-refractivity contribution in [2.24, 2.45) is 5.92 Å². The van der Waals surface area contributed by atoms with Crippen molar-refractivity contribution in [3.8, 4) is 33.0 Å². The number of nitrogens with zero attached hydrogens (tertiary/aromatic N) is 4. The summed E-state index contributed by atoms with van der Waals surface area (Å²) in [5, 5.41) is 12.6. The van der Waals surface area contributed by atoms with Gasteiger partial charge in [-0.25, -0.2) is 18.4 Å². The number of nitriles is 1. The molecular formula is C30H37N5O4S2. The minimum absolute atomic E-state index is 0. The molecule has 6 rings (SSSR count). The fraction of sp³-hybridized carbons (Fsp3) is 0.467. The minimum Gasteiger partial charge on any atom is -0.481 e. The van der Waals surface area contributed by atoms with Crippen molar-refractivity contribution < 1.29 is 19.4 Å². The van der Waals surface area contributed by atoms with Crippen LogP contribution in [0.1, 0.15) is 46.4 Å². The van der Waals surface area contributed by atoms with Crippen LogP contribution in [-0.4, -0.2) is 61.5 Å². The van der Waals surface area contributed by atoms with Crippen molar-refractivity contribution in [3.63, 3.8) is 0 Å². The Morgan fingerprint density at radius 3 is 2.32 bits per heavy atom. The number of carbonyl (C=O) groups is 1. The zero-order valence-electron chi connectivity index (χ0n) is 23.2. The van der Waals surface area contributed by atoms with E-state index < -0.39 is 15.4 Å². The second-order valence-corrected chi connectivity index (χ2v) is 14.2. The number of methoxy groups -OCH3 is 1. The van der Waals surface area contributed by atoms with Crippen LogP contribution < -0.4 is 15.0 Å². The highest BCUT2D eigenvalue weighted by molar-refractivity contribution is 7.91. The summed E-state index contributed by atoms with van der Waals surface area (Å²) in [6.45, 7) is 1.10. The van der Waals surface area contributed by atoms with E-state index in [4.69, 9.17) is 10.00 Å². The molecule has 41 heavy (non-hydrogen) atoms. The lowest BCUT2D eigenvalue weighted by Crippen LogP contribution is -2.40. The fourth-order valence-corrected chi connectivity index (χ4v) is 7.18. The third kappa shape index (κ3) is 7.43. The first-order valence-corrected chi connectivity index (χ1v) is 16.7. The summed E-state index contributed by atoms with van der Waals surface area (Å²) in [5.74, 6) is 1.32. The Kier molecular flexibility index (Phi) is 8.90. The maximum atomic E-state index is 11.8. The third-order valence-corrected chi connectivity index (χ3v) is 10.6. The topological polar surface area (TPSA) is 125 Å². The van der Waals surface area contributed by atoms with Gasteiger partial charge in [-0.05, 0) is 49.4 Å². The third-order valence-electron chi connectivity index (χ3n) is 7.86. The number of hydrogen-bond acceptors (Lipinski definition) is 9. The summed E-state index contributed by atoms with van der Waals surface area (Å²) in [6.07, 6.45) is 10.9. The highest BCUT2D eigenvalue weighted by Crippen LogP contribution is 2.36. The Morgan fingerprint density at radius 1 is 1.05 bits per heavy atom. The van der Waals surface area contributed by atoms with E-state index in [1.807, 2.05) is 30.5 Å². The Hall–Kier alpha value is -3.49. The molecule has 1 amide bonds. The first-order valence-electron chi connectivity index (χ1n) is 14.1. The smallest absolute Gasteiger partial charge is 0.224 e. The molecule has 3 heterocycles. The summed E-state index contributed by atoms with van der Waals surface area (Å²) >= 11 is 1.61. The van der Waals surface area contributed by atoms with Gasteiger partial charge in [0.1, 0.15) is 10.5 Å². The Bertz CT molecular complexity index is 1480. The van der Waals surface area contributed by atoms with Gasteiger partial charge < -0.3 is 15.0 Å². The van der Waals surface area contributed by atoms with Gasteiger partial charge >= 0.3 is 0 Å². The van der Waals surface area contributed by atoms with Gasteiger partial charge in [-0.15, -0.1) is 11.3 Å². The minimum atomic E-state index is -2.86. The summed E-state index contributed by atoms with van der Waals surface area (Å²) in [7, 11) is -1.27. The van der Waals surface area contributed by atoms with E-state index in [1.165, 1.54) is 6.42 Å². The van der Waals surface area contributed by atoms with Crippen molar-refractivity contribution in [3.05, 3.63) is 48.8 Å². The predicted molar refractivity (Wildman–Crippen MR) is 163 cm³/mol. The number of pyridine rings is 1. The molecule has 1 aliphatic heterocycles. The van der Waals surface area contributed by atoms with Crippen LogP contribution in [0.3, 0.4) is 0 Å². The number of amides is 1. The highest BCUT2D eigenvalue weighted by atomic mass is 32.2. The molecular weight excluding hydrogens is 558 g/mol. The van der Waals surface area contributed by atoms with Crippen molar-refractivity contribution in [1.29, 1.82) is 5.26 Å². The van der Waals surface area contributed by atoms with Crippen molar-refractivity contribution in [1.82, 2.24) is 15.3 Å². The van der Waals surface area contributed by atoms with E-state index in [1.54, 1.807) is 24.6 Å². The second-order valence-electron chi connectivity index (χ2n) is 10.8. The molecule has 11 heteroatoms. The van der Waals surface area contributed by atoms with E-state index in [0.29, 0.717) is 19.0 Å². The van der Waals surface area contributed by atoms with E-state index in [2.05, 4.69) is 38.4 Å². The first-order chi connectivity index (χ1) is 19.8. The normalized spacial score (nSPS) is 19.3. The Balaban J connectivity index is 0.000000228. The van der Waals surface area contributed by atoms with Crippen LogP contribution in [0.15, 0.2) is 48.8 Å². The van der Waals surface area contributed by atoms with Crippen LogP contribution in [0.5, 0.6) is 5.88 Å². The quantitative estimate of drug-likeness (QED) is 0.417. The second kappa shape index (κ2) is 12.6. The average Bonchev–Trinajstić information content (AvgIpc) is 3.61. The van der Waals surface area contributed by atoms with Crippen molar-refractivity contribution in [2.45, 2.75) is 50.5 Å². The molecule has 1 N–H and O–H groups in total. The molecule has 2 aromatic heterocycles. The number of anilines is 1. The van der Waals surface area contributed by atoms with Gasteiger partial charge in [0.2, 0.25) is 11.8 Å². The van der Waals surface area contributed by atoms with Gasteiger partial charge in [-0.2, -0.15) is 5.26 Å². The maximum absolute atomic E-state index is 11.8. The van der Waals surface area contributed by atoms with E-state index >= 15 is 0 Å². The molecule has 3 aliphatic rings. The number of aromatic nitrogens is 2. The molecule has 1 saturated heterocycles. The van der Waals surface area contributed by atoms with Gasteiger partial charge in [0.05, 0.1) is 29.6 Å². The van der Waals surface area contributed by atoms with E-state index in [0.717, 1.165) is 65.2 Å². The molecule has 9 nitrogen and oxygen atoms in total. The molecule has 1 aromatic carbocycles. The average molecular weight is 596 g/mol. The van der Waals surface area contributed by atoms with Crippen LogP contribution in [0, 0.1) is 17.2 Å². The molecule has 0 unspecified atom stereocenters. The zero-order chi connectivity index (χ0) is 28.9. The molecule has 0 radical (unpaired) electrons. The molecule has 0 bridgehead atoms. The number of carbonyl (C=O) groups excluding carboxylic acids is 1. The molecule has 3 aromatic rings. The number of benzene rings is 1. The lowest BCUT2D eigenvalue weighted by molar-refractivity contribution is -0.126. The fourth-order valence-electron chi connectivity index (χ4n) is 5.07. The van der Waals surface area contributed by atoms with Crippen LogP contribution in [0.2, 0.25) is 0 Å². The number of ether oxygens (including phenoxy) is 1. The predicted octanol–water partition coefficient (Wildman–Crippen LogP) is 5.10. The van der Waals surface area contributed by atoms with Crippen LogP contribution >= 0.6 is 11.3 Å². The molecule has 218 valence electrons. The van der Waals surface area contributed by atoms with Crippen molar-refractivity contribution >= 4 is 32.8 Å². The lowest BCUT2D eigenvalue weighted by atomic mass is 9.88. The lowest BCUT2D eigenvalue weighted by Gasteiger charge is -2.28. The first kappa shape index (κ1) is 29.0. The van der Waals surface area contributed by atoms with Gasteiger partial charge in [0.15, 0.2) is 9.84 Å². The molecule has 3 fully saturated rings. The van der Waals surface area contributed by atoms with Gasteiger partial charge in [-0.1, -0.05) is 31.4 Å². The summed E-state index contributed by atoms with van der Waals surface area (Å²) in [4.78, 5) is 23.7. The maximum Gasteiger partial charge on any atom is 0.224 e. The number of rotatable bonds is 6. The standard InChI is InChI=1S/C19H19N3O3S2.C11H16N2O.H2/c1-25-18-7-4-15(12-20-18)19-21-13-17(26-19)14-2-5-16(6-3-14)22-8-10-27(23,24)11-9-22;12-8-11(6-7-11)13-10(14)9-4-2-1-3-5-9;/h2-7,12-13H,8-11H2,1H3;9H,1-7H2,(H,13,14);1H. The molecule has 2 saturated carbocycles. The SMILES string of the molecule is COc1ccc(-c2ncc(-c3ccc(N4CCS(=O)(=O)CC4)cc3)s2)cn1.N#CC1(NC(=O)C2CCCCC2)CC1.[HH]. The Labute approximate surface area is 247 Å². The van der Waals surface area contributed by atoms with Crippen LogP contribution in [-0.2, 0) is 14.6 Å². The number of sulfone groups is 1. The van der Waals surface area contributed by atoms with E-state index in [9.17, 15) is 13.2 Å². The van der Waals surface area contributed by atoms with E-state index in [-0.39, 0.29) is 24.8 Å². The molecule has 2 aliphatic carbocycles. The number of thiazole rings is 1. The number of nitrogens with one attached hydrogen (secondary N) is 1. The van der Waals surface area contributed by atoms with Crippen LogP contribution in [0.4, 0.5) is 5.69 Å². The summed E-state index contributed by atoms with van der Waals surface area (Å²) in [6, 6.07) is 14.2. The van der Waals surface area contributed by atoms with Gasteiger partial charge in [-0.3, -0.25) is 4.79 Å². The van der Waals surface area contributed by atoms with Gasteiger partial charge in [0.25, 0.3) is 0 Å². The largest absolute Gasteiger partial charge is 0.481 e. The molecule has 0 atom stereocenters. The summed E-state index contributed by atoms with van der Waals surface area (Å²) in [5.41, 5.74) is 2.62. The van der Waals surface area contributed by atoms with Crippen molar-refractivity contribution in [2.75, 3.05) is 36.6 Å². The van der Waals surface area contributed by atoms with Gasteiger partial charge in [0, 0.05) is 50.1 Å². The number of hydrogen-bond donors (Lipinski definition) is 1. The van der Waals surface area contributed by atoms with Crippen LogP contribution in [0.25, 0.3) is 21.0 Å².